The lowest BCUT2D eigenvalue weighted by Crippen LogP contribution is -2.14. The van der Waals surface area contributed by atoms with E-state index in [9.17, 15) is 0 Å². The number of aryl methyl sites for hydroxylation is 1. The van der Waals surface area contributed by atoms with E-state index in [1.54, 1.807) is 18.0 Å². The summed E-state index contributed by atoms with van der Waals surface area (Å²) in [6, 6.07) is 8.04. The number of hydrogen-bond acceptors (Lipinski definition) is 4. The Balaban J connectivity index is 2.26. The van der Waals surface area contributed by atoms with Crippen LogP contribution in [0.1, 0.15) is 16.7 Å². The molecule has 0 atom stereocenters. The molecule has 0 saturated carbocycles. The molecule has 2 rings (SSSR count). The Kier molecular flexibility index (Phi) is 4.98. The summed E-state index contributed by atoms with van der Waals surface area (Å²) >= 11 is 6.82. The standard InChI is InChI=1S/C15H17N3S2/c1-10-6-7-17-8-11(10)9-18-12-4-3-5-13(20-2)14(12)15(16)19/h3-8,18H,9H2,1-2H3,(H2,16,19). The van der Waals surface area contributed by atoms with Gasteiger partial charge in [0, 0.05) is 35.1 Å². The SMILES string of the molecule is CSc1cccc(NCc2cnccc2C)c1C(N)=S. The molecular formula is C15H17N3S2. The van der Waals surface area contributed by atoms with Gasteiger partial charge in [0.15, 0.2) is 0 Å². The molecular weight excluding hydrogens is 286 g/mol. The maximum atomic E-state index is 5.86. The number of nitrogens with zero attached hydrogens (tertiary/aromatic N) is 1. The third kappa shape index (κ3) is 3.29. The zero-order valence-corrected chi connectivity index (χ0v) is 13.1. The molecule has 0 aliphatic heterocycles. The molecule has 0 spiro atoms. The van der Waals surface area contributed by atoms with Crippen LogP contribution in [0.3, 0.4) is 0 Å². The van der Waals surface area contributed by atoms with Crippen LogP contribution in [-0.4, -0.2) is 16.2 Å². The van der Waals surface area contributed by atoms with Crippen LogP contribution in [0.5, 0.6) is 0 Å². The van der Waals surface area contributed by atoms with Crippen LogP contribution in [0, 0.1) is 6.92 Å². The number of thiocarbonyl (C=S) groups is 1. The first-order valence-corrected chi connectivity index (χ1v) is 7.87. The molecule has 5 heteroatoms. The number of anilines is 1. The average molecular weight is 303 g/mol. The Bertz CT molecular complexity index is 626. The van der Waals surface area contributed by atoms with Gasteiger partial charge in [-0.1, -0.05) is 18.3 Å². The van der Waals surface area contributed by atoms with Crippen molar-refractivity contribution in [3.8, 4) is 0 Å². The van der Waals surface area contributed by atoms with Gasteiger partial charge in [0.2, 0.25) is 0 Å². The van der Waals surface area contributed by atoms with Gasteiger partial charge in [-0.05, 0) is 42.5 Å². The van der Waals surface area contributed by atoms with Crippen molar-refractivity contribution in [3.05, 3.63) is 53.3 Å². The molecule has 0 saturated heterocycles. The number of rotatable bonds is 5. The number of nitrogens with two attached hydrogens (primary N) is 1. The van der Waals surface area contributed by atoms with Gasteiger partial charge in [-0.25, -0.2) is 0 Å². The van der Waals surface area contributed by atoms with E-state index in [-0.39, 0.29) is 0 Å². The van der Waals surface area contributed by atoms with Crippen LogP contribution >= 0.6 is 24.0 Å². The van der Waals surface area contributed by atoms with Gasteiger partial charge in [-0.2, -0.15) is 0 Å². The van der Waals surface area contributed by atoms with Crippen molar-refractivity contribution in [1.29, 1.82) is 0 Å². The zero-order chi connectivity index (χ0) is 14.5. The number of aromatic nitrogens is 1. The van der Waals surface area contributed by atoms with E-state index in [4.69, 9.17) is 18.0 Å². The van der Waals surface area contributed by atoms with Crippen molar-refractivity contribution >= 4 is 34.7 Å². The summed E-state index contributed by atoms with van der Waals surface area (Å²) in [6.07, 6.45) is 5.70. The van der Waals surface area contributed by atoms with Crippen molar-refractivity contribution < 1.29 is 0 Å². The highest BCUT2D eigenvalue weighted by Gasteiger charge is 2.10. The third-order valence-corrected chi connectivity index (χ3v) is 4.09. The molecule has 3 nitrogen and oxygen atoms in total. The highest BCUT2D eigenvalue weighted by atomic mass is 32.2. The van der Waals surface area contributed by atoms with Crippen LogP contribution in [0.4, 0.5) is 5.69 Å². The minimum absolute atomic E-state index is 0.417. The smallest absolute Gasteiger partial charge is 0.107 e. The van der Waals surface area contributed by atoms with Gasteiger partial charge in [0.25, 0.3) is 0 Å². The number of nitrogens with one attached hydrogen (secondary N) is 1. The molecule has 0 bridgehead atoms. The molecule has 1 aromatic carbocycles. The molecule has 0 radical (unpaired) electrons. The molecule has 0 aliphatic carbocycles. The van der Waals surface area contributed by atoms with E-state index < -0.39 is 0 Å². The van der Waals surface area contributed by atoms with Crippen molar-refractivity contribution in [2.75, 3.05) is 11.6 Å². The summed E-state index contributed by atoms with van der Waals surface area (Å²) in [5.41, 5.74) is 10.1. The Hall–Kier alpha value is -1.59. The lowest BCUT2D eigenvalue weighted by atomic mass is 10.1. The van der Waals surface area contributed by atoms with Crippen molar-refractivity contribution in [2.24, 2.45) is 5.73 Å². The van der Waals surface area contributed by atoms with Crippen LogP contribution in [-0.2, 0) is 6.54 Å². The lowest BCUT2D eigenvalue weighted by molar-refractivity contribution is 1.08. The zero-order valence-electron chi connectivity index (χ0n) is 11.5. The normalized spacial score (nSPS) is 10.3. The van der Waals surface area contributed by atoms with Crippen LogP contribution in [0.25, 0.3) is 0 Å². The number of benzene rings is 1. The fourth-order valence-electron chi connectivity index (χ4n) is 1.97. The molecule has 0 amide bonds. The predicted molar refractivity (Wildman–Crippen MR) is 90.4 cm³/mol. The average Bonchev–Trinajstić information content (AvgIpc) is 2.45. The maximum Gasteiger partial charge on any atom is 0.107 e. The van der Waals surface area contributed by atoms with E-state index in [2.05, 4.69) is 17.2 Å². The van der Waals surface area contributed by atoms with Crippen molar-refractivity contribution in [3.63, 3.8) is 0 Å². The van der Waals surface area contributed by atoms with E-state index in [1.165, 1.54) is 5.56 Å². The van der Waals surface area contributed by atoms with Gasteiger partial charge >= 0.3 is 0 Å². The van der Waals surface area contributed by atoms with E-state index in [0.29, 0.717) is 11.5 Å². The molecule has 1 aromatic heterocycles. The third-order valence-electron chi connectivity index (χ3n) is 3.11. The van der Waals surface area contributed by atoms with Gasteiger partial charge < -0.3 is 11.1 Å². The Labute approximate surface area is 129 Å². The second-order valence-electron chi connectivity index (χ2n) is 4.40. The number of hydrogen-bond donors (Lipinski definition) is 2. The molecule has 0 fully saturated rings. The van der Waals surface area contributed by atoms with E-state index >= 15 is 0 Å². The Morgan fingerprint density at radius 2 is 2.20 bits per heavy atom. The van der Waals surface area contributed by atoms with Gasteiger partial charge in [0.05, 0.1) is 0 Å². The number of thioether (sulfide) groups is 1. The Morgan fingerprint density at radius 1 is 1.40 bits per heavy atom. The van der Waals surface area contributed by atoms with Gasteiger partial charge in [-0.3, -0.25) is 4.98 Å². The Morgan fingerprint density at radius 3 is 2.85 bits per heavy atom. The fraction of sp³-hybridized carbons (Fsp3) is 0.200. The molecule has 3 N–H and O–H groups in total. The minimum Gasteiger partial charge on any atom is -0.389 e. The topological polar surface area (TPSA) is 50.9 Å². The van der Waals surface area contributed by atoms with Gasteiger partial charge in [0.1, 0.15) is 4.99 Å². The first-order chi connectivity index (χ1) is 9.63. The molecule has 1 heterocycles. The second kappa shape index (κ2) is 6.72. The van der Waals surface area contributed by atoms with Gasteiger partial charge in [-0.15, -0.1) is 11.8 Å². The number of pyridine rings is 1. The summed E-state index contributed by atoms with van der Waals surface area (Å²) in [4.78, 5) is 5.66. The first-order valence-electron chi connectivity index (χ1n) is 6.23. The van der Waals surface area contributed by atoms with Crippen LogP contribution in [0.15, 0.2) is 41.6 Å². The summed E-state index contributed by atoms with van der Waals surface area (Å²) in [5, 5.41) is 3.41. The monoisotopic (exact) mass is 303 g/mol. The van der Waals surface area contributed by atoms with E-state index in [1.807, 2.05) is 36.7 Å². The van der Waals surface area contributed by atoms with Crippen molar-refractivity contribution in [1.82, 2.24) is 4.98 Å². The minimum atomic E-state index is 0.417. The van der Waals surface area contributed by atoms with Crippen LogP contribution in [0.2, 0.25) is 0 Å². The summed E-state index contributed by atoms with van der Waals surface area (Å²) in [7, 11) is 0. The lowest BCUT2D eigenvalue weighted by Gasteiger charge is -2.15. The highest BCUT2D eigenvalue weighted by molar-refractivity contribution is 7.98. The first kappa shape index (κ1) is 14.8. The molecule has 2 aromatic rings. The highest BCUT2D eigenvalue weighted by Crippen LogP contribution is 2.27. The molecule has 0 aliphatic rings. The predicted octanol–water partition coefficient (Wildman–Crippen LogP) is 3.36. The van der Waals surface area contributed by atoms with Crippen LogP contribution < -0.4 is 11.1 Å². The van der Waals surface area contributed by atoms with E-state index in [0.717, 1.165) is 21.7 Å². The summed E-state index contributed by atoms with van der Waals surface area (Å²) in [6.45, 7) is 2.78. The largest absolute Gasteiger partial charge is 0.389 e. The summed E-state index contributed by atoms with van der Waals surface area (Å²) < 4.78 is 0. The molecule has 20 heavy (non-hydrogen) atoms. The fourth-order valence-corrected chi connectivity index (χ4v) is 2.90. The molecule has 0 unspecified atom stereocenters. The summed E-state index contributed by atoms with van der Waals surface area (Å²) in [5.74, 6) is 0. The second-order valence-corrected chi connectivity index (χ2v) is 5.69. The van der Waals surface area contributed by atoms with Crippen molar-refractivity contribution in [2.45, 2.75) is 18.4 Å². The maximum absolute atomic E-state index is 5.86. The quantitative estimate of drug-likeness (QED) is 0.655. The molecule has 104 valence electrons.